The lowest BCUT2D eigenvalue weighted by molar-refractivity contribution is -0.155. The maximum Gasteiger partial charge on any atom is 0.312 e. The van der Waals surface area contributed by atoms with Crippen molar-refractivity contribution in [2.24, 2.45) is 17.8 Å². The highest BCUT2D eigenvalue weighted by atomic mass is 16.6. The second-order valence-corrected chi connectivity index (χ2v) is 11.7. The third kappa shape index (κ3) is 4.61. The molecule has 1 aromatic carbocycles. The molecule has 39 heavy (non-hydrogen) atoms. The first kappa shape index (κ1) is 27.6. The fraction of sp³-hybridized carbons (Fsp3) is 0.581. The summed E-state index contributed by atoms with van der Waals surface area (Å²) in [6.07, 6.45) is 9.88. The SMILES string of the molecule is Cc1cccc(C)c1N1CC=C[C@]23O[C@@H]4/C=C\CCCCOC(=O)[C@@H]4[C@H]2C(=O)N([C@@H](CO)CC(C)C)C3C1=O. The third-order valence-corrected chi connectivity index (χ3v) is 8.60. The zero-order chi connectivity index (χ0) is 27.9. The lowest BCUT2D eigenvalue weighted by atomic mass is 9.78. The molecule has 1 spiro atoms. The van der Waals surface area contributed by atoms with Gasteiger partial charge in [-0.2, -0.15) is 0 Å². The van der Waals surface area contributed by atoms with Gasteiger partial charge < -0.3 is 24.4 Å². The number of hydrogen-bond donors (Lipinski definition) is 1. The van der Waals surface area contributed by atoms with Crippen LogP contribution in [0.2, 0.25) is 0 Å². The maximum absolute atomic E-state index is 14.7. The molecular weight excluding hydrogens is 496 g/mol. The summed E-state index contributed by atoms with van der Waals surface area (Å²) in [6.45, 7) is 8.29. The van der Waals surface area contributed by atoms with E-state index in [4.69, 9.17) is 9.47 Å². The van der Waals surface area contributed by atoms with Crippen LogP contribution in [0.1, 0.15) is 50.7 Å². The van der Waals surface area contributed by atoms with Crippen LogP contribution in [-0.4, -0.2) is 71.3 Å². The highest BCUT2D eigenvalue weighted by Crippen LogP contribution is 2.54. The molecule has 8 nitrogen and oxygen atoms in total. The van der Waals surface area contributed by atoms with Crippen molar-refractivity contribution >= 4 is 23.5 Å². The number of allylic oxidation sites excluding steroid dienone is 1. The Hall–Kier alpha value is -2.97. The number of esters is 1. The zero-order valence-electron chi connectivity index (χ0n) is 23.3. The number of aliphatic hydroxyl groups excluding tert-OH is 1. The highest BCUT2D eigenvalue weighted by Gasteiger charge is 2.72. The number of amides is 2. The molecule has 1 aromatic rings. The van der Waals surface area contributed by atoms with E-state index in [1.807, 2.05) is 70.2 Å². The van der Waals surface area contributed by atoms with Gasteiger partial charge in [0.25, 0.3) is 5.91 Å². The number of ether oxygens (including phenoxy) is 2. The van der Waals surface area contributed by atoms with Crippen molar-refractivity contribution < 1.29 is 29.0 Å². The molecule has 8 heteroatoms. The van der Waals surface area contributed by atoms with Gasteiger partial charge in [-0.1, -0.05) is 56.4 Å². The van der Waals surface area contributed by atoms with E-state index in [0.29, 0.717) is 19.6 Å². The summed E-state index contributed by atoms with van der Waals surface area (Å²) in [7, 11) is 0. The van der Waals surface area contributed by atoms with Gasteiger partial charge in [0.05, 0.1) is 31.3 Å². The fourth-order valence-corrected chi connectivity index (χ4v) is 7.00. The summed E-state index contributed by atoms with van der Waals surface area (Å²) >= 11 is 0. The van der Waals surface area contributed by atoms with E-state index in [9.17, 15) is 19.5 Å². The average Bonchev–Trinajstić information content (AvgIpc) is 3.28. The molecule has 4 aliphatic rings. The first-order chi connectivity index (χ1) is 18.7. The van der Waals surface area contributed by atoms with Gasteiger partial charge in [-0.15, -0.1) is 0 Å². The quantitative estimate of drug-likeness (QED) is 0.457. The minimum atomic E-state index is -1.35. The topological polar surface area (TPSA) is 96.4 Å². The molecule has 6 atom stereocenters. The Morgan fingerprint density at radius 2 is 1.82 bits per heavy atom. The lowest BCUT2D eigenvalue weighted by Crippen LogP contribution is -2.58. The van der Waals surface area contributed by atoms with Gasteiger partial charge in [-0.3, -0.25) is 14.4 Å². The smallest absolute Gasteiger partial charge is 0.312 e. The number of likely N-dealkylation sites (tertiary alicyclic amines) is 1. The van der Waals surface area contributed by atoms with Gasteiger partial charge in [-0.25, -0.2) is 0 Å². The predicted molar refractivity (Wildman–Crippen MR) is 147 cm³/mol. The van der Waals surface area contributed by atoms with Crippen LogP contribution < -0.4 is 4.90 Å². The minimum absolute atomic E-state index is 0.174. The molecule has 0 aromatic heterocycles. The lowest BCUT2D eigenvalue weighted by Gasteiger charge is -2.39. The molecule has 4 heterocycles. The monoisotopic (exact) mass is 536 g/mol. The van der Waals surface area contributed by atoms with E-state index in [-0.39, 0.29) is 24.3 Å². The van der Waals surface area contributed by atoms with Gasteiger partial charge in [-0.05, 0) is 56.6 Å². The normalized spacial score (nSPS) is 32.4. The molecule has 0 radical (unpaired) electrons. The Bertz CT molecular complexity index is 1170. The number of fused-ring (bicyclic) bond motifs is 2. The number of cyclic esters (lactones) is 1. The van der Waals surface area contributed by atoms with Gasteiger partial charge >= 0.3 is 5.97 Å². The molecule has 0 saturated carbocycles. The van der Waals surface area contributed by atoms with E-state index in [1.165, 1.54) is 4.90 Å². The first-order valence-electron chi connectivity index (χ1n) is 14.2. The Balaban J connectivity index is 1.66. The van der Waals surface area contributed by atoms with E-state index < -0.39 is 41.6 Å². The van der Waals surface area contributed by atoms with Crippen molar-refractivity contribution in [1.82, 2.24) is 4.90 Å². The summed E-state index contributed by atoms with van der Waals surface area (Å²) in [5.41, 5.74) is 1.36. The Kier molecular flexibility index (Phi) is 7.71. The van der Waals surface area contributed by atoms with Crippen LogP contribution in [0.5, 0.6) is 0 Å². The molecule has 4 aliphatic heterocycles. The molecule has 2 amide bonds. The largest absolute Gasteiger partial charge is 0.465 e. The zero-order valence-corrected chi connectivity index (χ0v) is 23.3. The molecule has 1 N–H and O–H groups in total. The molecule has 5 rings (SSSR count). The molecule has 210 valence electrons. The molecular formula is C31H40N2O6. The van der Waals surface area contributed by atoms with E-state index in [0.717, 1.165) is 36.1 Å². The average molecular weight is 537 g/mol. The number of benzene rings is 1. The van der Waals surface area contributed by atoms with Crippen LogP contribution in [-0.2, 0) is 23.9 Å². The first-order valence-corrected chi connectivity index (χ1v) is 14.2. The Morgan fingerprint density at radius 3 is 2.51 bits per heavy atom. The number of para-hydroxylation sites is 1. The molecule has 2 saturated heterocycles. The maximum atomic E-state index is 14.7. The molecule has 2 fully saturated rings. The number of hydrogen-bond acceptors (Lipinski definition) is 6. The molecule has 0 aliphatic carbocycles. The molecule has 1 unspecified atom stereocenters. The number of carbonyl (C=O) groups excluding carboxylic acids is 3. The number of nitrogens with zero attached hydrogens (tertiary/aromatic N) is 2. The van der Waals surface area contributed by atoms with Crippen molar-refractivity contribution in [2.45, 2.75) is 77.2 Å². The predicted octanol–water partition coefficient (Wildman–Crippen LogP) is 3.48. The van der Waals surface area contributed by atoms with Crippen LogP contribution in [0.3, 0.4) is 0 Å². The van der Waals surface area contributed by atoms with Crippen LogP contribution in [0.15, 0.2) is 42.5 Å². The number of rotatable bonds is 5. The Morgan fingerprint density at radius 1 is 1.08 bits per heavy atom. The summed E-state index contributed by atoms with van der Waals surface area (Å²) < 4.78 is 12.4. The van der Waals surface area contributed by atoms with Crippen LogP contribution in [0.4, 0.5) is 5.69 Å². The minimum Gasteiger partial charge on any atom is -0.465 e. The summed E-state index contributed by atoms with van der Waals surface area (Å²) in [5, 5.41) is 10.5. The van der Waals surface area contributed by atoms with Crippen LogP contribution in [0.25, 0.3) is 0 Å². The van der Waals surface area contributed by atoms with Gasteiger partial charge in [0, 0.05) is 12.2 Å². The molecule has 0 bridgehead atoms. The highest BCUT2D eigenvalue weighted by molar-refractivity contribution is 6.06. The number of aliphatic hydroxyl groups is 1. The van der Waals surface area contributed by atoms with Crippen molar-refractivity contribution in [3.8, 4) is 0 Å². The number of aryl methyl sites for hydroxylation is 2. The van der Waals surface area contributed by atoms with E-state index >= 15 is 0 Å². The van der Waals surface area contributed by atoms with Gasteiger partial charge in [0.2, 0.25) is 5.91 Å². The van der Waals surface area contributed by atoms with Crippen LogP contribution >= 0.6 is 0 Å². The summed E-state index contributed by atoms with van der Waals surface area (Å²) in [4.78, 5) is 45.8. The van der Waals surface area contributed by atoms with Crippen LogP contribution in [0, 0.1) is 31.6 Å². The van der Waals surface area contributed by atoms with E-state index in [1.54, 1.807) is 4.90 Å². The summed E-state index contributed by atoms with van der Waals surface area (Å²) in [5.74, 6) is -2.70. The number of anilines is 1. The van der Waals surface area contributed by atoms with Crippen molar-refractivity contribution in [3.63, 3.8) is 0 Å². The van der Waals surface area contributed by atoms with Gasteiger partial charge in [0.15, 0.2) is 0 Å². The second kappa shape index (κ2) is 10.9. The van der Waals surface area contributed by atoms with Crippen molar-refractivity contribution in [3.05, 3.63) is 53.6 Å². The third-order valence-electron chi connectivity index (χ3n) is 8.60. The Labute approximate surface area is 230 Å². The second-order valence-electron chi connectivity index (χ2n) is 11.7. The van der Waals surface area contributed by atoms with Gasteiger partial charge in [0.1, 0.15) is 17.6 Å². The van der Waals surface area contributed by atoms with E-state index in [2.05, 4.69) is 0 Å². The fourth-order valence-electron chi connectivity index (χ4n) is 7.00. The number of carbonyl (C=O) groups is 3. The van der Waals surface area contributed by atoms with Crippen molar-refractivity contribution in [1.29, 1.82) is 0 Å². The summed E-state index contributed by atoms with van der Waals surface area (Å²) in [6, 6.07) is 4.28. The standard InChI is InChI=1S/C31H40N2O6/c1-19(2)17-22(18-34)33-27-29(36)32(26-20(3)11-9-12-21(26)4)15-10-14-31(27)25(28(33)35)24-23(39-31)13-7-5-6-8-16-38-30(24)37/h7,9-14,19,22-25,27,34H,5-6,8,15-18H2,1-4H3/b13-7-/t22-,23-,24+,25+,27?,31+/m1/s1. The van der Waals surface area contributed by atoms with Crippen molar-refractivity contribution in [2.75, 3.05) is 24.7 Å².